The average molecular weight is 195 g/mol. The van der Waals surface area contributed by atoms with E-state index in [9.17, 15) is 9.90 Å². The third-order valence-corrected chi connectivity index (χ3v) is 2.03. The molecule has 0 bridgehead atoms. The Bertz CT molecular complexity index is 330. The van der Waals surface area contributed by atoms with Gasteiger partial charge in [0.1, 0.15) is 5.60 Å². The summed E-state index contributed by atoms with van der Waals surface area (Å²) in [5.74, 6) is -0.0762. The molecule has 1 rings (SSSR count). The minimum Gasteiger partial charge on any atom is -0.393 e. The summed E-state index contributed by atoms with van der Waals surface area (Å²) >= 11 is 0. The number of carbonyl (C=O) groups excluding carboxylic acids is 1. The largest absolute Gasteiger partial charge is 0.393 e. The molecule has 1 atom stereocenters. The highest BCUT2D eigenvalue weighted by molar-refractivity contribution is 5.93. The SMILES string of the molecule is CC(=O)c1ccc([C@](C)(O)CO)nc1. The van der Waals surface area contributed by atoms with Crippen LogP contribution in [0.5, 0.6) is 0 Å². The maximum absolute atomic E-state index is 10.9. The lowest BCUT2D eigenvalue weighted by molar-refractivity contribution is -0.00587. The van der Waals surface area contributed by atoms with Crippen molar-refractivity contribution in [3.8, 4) is 0 Å². The zero-order valence-electron chi connectivity index (χ0n) is 8.19. The molecule has 0 fully saturated rings. The fourth-order valence-corrected chi connectivity index (χ4v) is 1.00. The Kier molecular flexibility index (Phi) is 2.98. The number of carbonyl (C=O) groups is 1. The molecule has 0 unspecified atom stereocenters. The van der Waals surface area contributed by atoms with Gasteiger partial charge in [-0.15, -0.1) is 0 Å². The van der Waals surface area contributed by atoms with Crippen LogP contribution in [0.15, 0.2) is 18.3 Å². The number of hydrogen-bond donors (Lipinski definition) is 2. The number of pyridine rings is 1. The summed E-state index contributed by atoms with van der Waals surface area (Å²) in [6.07, 6.45) is 1.39. The zero-order chi connectivity index (χ0) is 10.8. The third-order valence-electron chi connectivity index (χ3n) is 2.03. The third kappa shape index (κ3) is 2.16. The van der Waals surface area contributed by atoms with E-state index < -0.39 is 12.2 Å². The first-order valence-corrected chi connectivity index (χ1v) is 4.28. The fraction of sp³-hybridized carbons (Fsp3) is 0.400. The molecule has 1 heterocycles. The van der Waals surface area contributed by atoms with Gasteiger partial charge in [-0.3, -0.25) is 9.78 Å². The molecule has 0 amide bonds. The van der Waals surface area contributed by atoms with E-state index in [-0.39, 0.29) is 5.78 Å². The van der Waals surface area contributed by atoms with Crippen molar-refractivity contribution in [3.05, 3.63) is 29.6 Å². The second-order valence-corrected chi connectivity index (χ2v) is 3.42. The van der Waals surface area contributed by atoms with Crippen LogP contribution in [0.1, 0.15) is 29.9 Å². The zero-order valence-corrected chi connectivity index (χ0v) is 8.19. The minimum atomic E-state index is -1.35. The molecule has 4 nitrogen and oxygen atoms in total. The quantitative estimate of drug-likeness (QED) is 0.688. The van der Waals surface area contributed by atoms with Crippen LogP contribution in [0.3, 0.4) is 0 Å². The van der Waals surface area contributed by atoms with Gasteiger partial charge < -0.3 is 10.2 Å². The summed E-state index contributed by atoms with van der Waals surface area (Å²) in [5.41, 5.74) is -0.512. The van der Waals surface area contributed by atoms with Gasteiger partial charge >= 0.3 is 0 Å². The van der Waals surface area contributed by atoms with Crippen LogP contribution in [-0.2, 0) is 5.60 Å². The van der Waals surface area contributed by atoms with Gasteiger partial charge in [0.05, 0.1) is 12.3 Å². The van der Waals surface area contributed by atoms with Crippen molar-refractivity contribution in [3.63, 3.8) is 0 Å². The van der Waals surface area contributed by atoms with Crippen LogP contribution >= 0.6 is 0 Å². The molecule has 1 aromatic rings. The lowest BCUT2D eigenvalue weighted by atomic mass is 10.0. The number of aliphatic hydroxyl groups is 2. The highest BCUT2D eigenvalue weighted by Crippen LogP contribution is 2.17. The highest BCUT2D eigenvalue weighted by atomic mass is 16.3. The highest BCUT2D eigenvalue weighted by Gasteiger charge is 2.23. The first-order valence-electron chi connectivity index (χ1n) is 4.28. The number of nitrogens with zero attached hydrogens (tertiary/aromatic N) is 1. The normalized spacial score (nSPS) is 14.9. The van der Waals surface area contributed by atoms with Crippen LogP contribution in [0.4, 0.5) is 0 Å². The first kappa shape index (κ1) is 10.8. The van der Waals surface area contributed by atoms with Gasteiger partial charge in [0.15, 0.2) is 5.78 Å². The fourth-order valence-electron chi connectivity index (χ4n) is 1.00. The Hall–Kier alpha value is -1.26. The van der Waals surface area contributed by atoms with Crippen LogP contribution in [0.2, 0.25) is 0 Å². The Balaban J connectivity index is 2.99. The van der Waals surface area contributed by atoms with Gasteiger partial charge in [-0.05, 0) is 26.0 Å². The molecule has 0 aliphatic carbocycles. The van der Waals surface area contributed by atoms with E-state index in [0.717, 1.165) is 0 Å². The van der Waals surface area contributed by atoms with Crippen molar-refractivity contribution in [1.29, 1.82) is 0 Å². The Morgan fingerprint density at radius 2 is 2.21 bits per heavy atom. The van der Waals surface area contributed by atoms with Gasteiger partial charge in [0.2, 0.25) is 0 Å². The van der Waals surface area contributed by atoms with E-state index in [1.807, 2.05) is 0 Å². The second kappa shape index (κ2) is 3.86. The van der Waals surface area contributed by atoms with Crippen LogP contribution in [-0.4, -0.2) is 27.6 Å². The number of hydrogen-bond acceptors (Lipinski definition) is 4. The van der Waals surface area contributed by atoms with Gasteiger partial charge in [-0.25, -0.2) is 0 Å². The molecular weight excluding hydrogens is 182 g/mol. The molecule has 2 N–H and O–H groups in total. The summed E-state index contributed by atoms with van der Waals surface area (Å²) in [7, 11) is 0. The molecule has 0 aliphatic heterocycles. The molecule has 1 aromatic heterocycles. The molecule has 0 aliphatic rings. The number of Topliss-reactive ketones (excluding diaryl/α,β-unsaturated/α-hetero) is 1. The van der Waals surface area contributed by atoms with E-state index in [1.165, 1.54) is 26.1 Å². The standard InChI is InChI=1S/C10H13NO3/c1-7(13)8-3-4-9(11-5-8)10(2,14)6-12/h3-5,12,14H,6H2,1-2H3/t10-/m1/s1. The lowest BCUT2D eigenvalue weighted by Gasteiger charge is -2.19. The van der Waals surface area contributed by atoms with Gasteiger partial charge in [-0.1, -0.05) is 0 Å². The van der Waals surface area contributed by atoms with Crippen molar-refractivity contribution in [2.24, 2.45) is 0 Å². The second-order valence-electron chi connectivity index (χ2n) is 3.42. The van der Waals surface area contributed by atoms with E-state index >= 15 is 0 Å². The van der Waals surface area contributed by atoms with Crippen molar-refractivity contribution < 1.29 is 15.0 Å². The Labute approximate surface area is 82.2 Å². The van der Waals surface area contributed by atoms with E-state index in [0.29, 0.717) is 11.3 Å². The number of aromatic nitrogens is 1. The van der Waals surface area contributed by atoms with Gasteiger partial charge in [-0.2, -0.15) is 0 Å². The van der Waals surface area contributed by atoms with Crippen molar-refractivity contribution in [2.75, 3.05) is 6.61 Å². The first-order chi connectivity index (χ1) is 6.47. The monoisotopic (exact) mass is 195 g/mol. The van der Waals surface area contributed by atoms with E-state index in [1.54, 1.807) is 6.07 Å². The van der Waals surface area contributed by atoms with Crippen molar-refractivity contribution >= 4 is 5.78 Å². The molecule has 14 heavy (non-hydrogen) atoms. The van der Waals surface area contributed by atoms with Gasteiger partial charge in [0.25, 0.3) is 0 Å². The summed E-state index contributed by atoms with van der Waals surface area (Å²) in [4.78, 5) is 14.8. The molecular formula is C10H13NO3. The van der Waals surface area contributed by atoms with Crippen LogP contribution in [0.25, 0.3) is 0 Å². The summed E-state index contributed by atoms with van der Waals surface area (Å²) in [5, 5.41) is 18.5. The molecule has 4 heteroatoms. The van der Waals surface area contributed by atoms with Gasteiger partial charge in [0, 0.05) is 11.8 Å². The predicted octanol–water partition coefficient (Wildman–Crippen LogP) is 0.484. The maximum atomic E-state index is 10.9. The van der Waals surface area contributed by atoms with E-state index in [4.69, 9.17) is 5.11 Å². The van der Waals surface area contributed by atoms with Crippen LogP contribution in [0, 0.1) is 0 Å². The van der Waals surface area contributed by atoms with E-state index in [2.05, 4.69) is 4.98 Å². The smallest absolute Gasteiger partial charge is 0.161 e. The Morgan fingerprint density at radius 1 is 1.57 bits per heavy atom. The number of aliphatic hydroxyl groups excluding tert-OH is 1. The van der Waals surface area contributed by atoms with Crippen molar-refractivity contribution in [2.45, 2.75) is 19.4 Å². The summed E-state index contributed by atoms with van der Waals surface area (Å²) < 4.78 is 0. The number of rotatable bonds is 3. The molecule has 0 aromatic carbocycles. The topological polar surface area (TPSA) is 70.4 Å². The molecule has 0 spiro atoms. The lowest BCUT2D eigenvalue weighted by Crippen LogP contribution is -2.27. The number of ketones is 1. The molecule has 0 saturated heterocycles. The molecule has 0 radical (unpaired) electrons. The Morgan fingerprint density at radius 3 is 2.57 bits per heavy atom. The van der Waals surface area contributed by atoms with Crippen molar-refractivity contribution in [1.82, 2.24) is 4.98 Å². The predicted molar refractivity (Wildman–Crippen MR) is 50.9 cm³/mol. The molecule has 76 valence electrons. The van der Waals surface area contributed by atoms with Crippen LogP contribution < -0.4 is 0 Å². The maximum Gasteiger partial charge on any atom is 0.161 e. The molecule has 0 saturated carbocycles. The average Bonchev–Trinajstić information content (AvgIpc) is 2.18. The summed E-state index contributed by atoms with van der Waals surface area (Å²) in [6, 6.07) is 3.11. The summed E-state index contributed by atoms with van der Waals surface area (Å²) in [6.45, 7) is 2.50. The minimum absolute atomic E-state index is 0.0762.